The van der Waals surface area contributed by atoms with E-state index in [4.69, 9.17) is 0 Å². The van der Waals surface area contributed by atoms with Crippen molar-refractivity contribution in [1.82, 2.24) is 20.5 Å². The standard InChI is InChI=1S/C19H26N4O3/c1-12(24)22-16(17(25)23(5)19(2,3)18(26)20-4)10-13-11-21-15-9-7-6-8-14(13)15/h6-9,11,16,21H,10H2,1-5H3,(H,20,26)(H,22,24)/t16-/m1/s1. The highest BCUT2D eigenvalue weighted by Crippen LogP contribution is 2.21. The number of aromatic amines is 1. The summed E-state index contributed by atoms with van der Waals surface area (Å²) in [5, 5.41) is 6.29. The molecule has 0 saturated heterocycles. The van der Waals surface area contributed by atoms with Gasteiger partial charge in [0.25, 0.3) is 0 Å². The molecule has 140 valence electrons. The zero-order valence-corrected chi connectivity index (χ0v) is 15.8. The lowest BCUT2D eigenvalue weighted by Crippen LogP contribution is -2.59. The van der Waals surface area contributed by atoms with Crippen LogP contribution in [-0.2, 0) is 20.8 Å². The molecule has 0 aliphatic rings. The zero-order chi connectivity index (χ0) is 19.5. The first-order valence-corrected chi connectivity index (χ1v) is 8.50. The molecule has 0 bridgehead atoms. The number of amides is 3. The van der Waals surface area contributed by atoms with Gasteiger partial charge in [0.15, 0.2) is 0 Å². The van der Waals surface area contributed by atoms with E-state index in [1.165, 1.54) is 18.9 Å². The summed E-state index contributed by atoms with van der Waals surface area (Å²) >= 11 is 0. The van der Waals surface area contributed by atoms with Gasteiger partial charge in [-0.05, 0) is 25.5 Å². The van der Waals surface area contributed by atoms with Crippen LogP contribution in [0.4, 0.5) is 0 Å². The highest BCUT2D eigenvalue weighted by atomic mass is 16.2. The molecule has 0 aliphatic carbocycles. The fourth-order valence-corrected chi connectivity index (χ4v) is 2.93. The van der Waals surface area contributed by atoms with Crippen molar-refractivity contribution in [2.45, 2.75) is 38.8 Å². The van der Waals surface area contributed by atoms with Crippen LogP contribution in [0.25, 0.3) is 10.9 Å². The Hall–Kier alpha value is -2.83. The first-order chi connectivity index (χ1) is 12.2. The van der Waals surface area contributed by atoms with E-state index in [1.54, 1.807) is 20.9 Å². The van der Waals surface area contributed by atoms with Crippen molar-refractivity contribution in [3.63, 3.8) is 0 Å². The molecule has 26 heavy (non-hydrogen) atoms. The fraction of sp³-hybridized carbons (Fsp3) is 0.421. The van der Waals surface area contributed by atoms with Gasteiger partial charge in [-0.25, -0.2) is 0 Å². The van der Waals surface area contributed by atoms with Crippen LogP contribution in [-0.4, -0.2) is 53.3 Å². The van der Waals surface area contributed by atoms with Crippen LogP contribution in [0.5, 0.6) is 0 Å². The Morgan fingerprint density at radius 2 is 1.88 bits per heavy atom. The Morgan fingerprint density at radius 3 is 2.50 bits per heavy atom. The average Bonchev–Trinajstić information content (AvgIpc) is 3.01. The molecule has 3 amide bonds. The van der Waals surface area contributed by atoms with Gasteiger partial charge >= 0.3 is 0 Å². The van der Waals surface area contributed by atoms with Crippen molar-refractivity contribution in [1.29, 1.82) is 0 Å². The quantitative estimate of drug-likeness (QED) is 0.724. The molecule has 0 fully saturated rings. The molecule has 1 aromatic heterocycles. The van der Waals surface area contributed by atoms with Gasteiger partial charge < -0.3 is 20.5 Å². The summed E-state index contributed by atoms with van der Waals surface area (Å²) in [6, 6.07) is 7.01. The van der Waals surface area contributed by atoms with E-state index in [1.807, 2.05) is 30.5 Å². The summed E-state index contributed by atoms with van der Waals surface area (Å²) in [5.41, 5.74) is 0.859. The van der Waals surface area contributed by atoms with Crippen molar-refractivity contribution >= 4 is 28.6 Å². The molecule has 0 saturated carbocycles. The minimum absolute atomic E-state index is 0.276. The van der Waals surface area contributed by atoms with E-state index >= 15 is 0 Å². The molecule has 1 atom stereocenters. The number of hydrogen-bond acceptors (Lipinski definition) is 3. The molecule has 0 unspecified atom stereocenters. The van der Waals surface area contributed by atoms with Gasteiger partial charge in [0.05, 0.1) is 0 Å². The molecular formula is C19H26N4O3. The third-order valence-corrected chi connectivity index (χ3v) is 4.73. The Kier molecular flexibility index (Phi) is 5.69. The maximum Gasteiger partial charge on any atom is 0.246 e. The SMILES string of the molecule is CNC(=O)C(C)(C)N(C)C(=O)[C@@H](Cc1c[nH]c2ccccc12)NC(C)=O. The summed E-state index contributed by atoms with van der Waals surface area (Å²) in [6.45, 7) is 4.71. The van der Waals surface area contributed by atoms with Crippen LogP contribution in [0, 0.1) is 0 Å². The van der Waals surface area contributed by atoms with E-state index in [-0.39, 0.29) is 17.7 Å². The molecule has 1 aromatic carbocycles. The second-order valence-corrected chi connectivity index (χ2v) is 6.85. The van der Waals surface area contributed by atoms with Gasteiger partial charge in [0.1, 0.15) is 11.6 Å². The van der Waals surface area contributed by atoms with Crippen molar-refractivity contribution < 1.29 is 14.4 Å². The van der Waals surface area contributed by atoms with Crippen molar-refractivity contribution in [3.05, 3.63) is 36.0 Å². The average molecular weight is 358 g/mol. The van der Waals surface area contributed by atoms with Gasteiger partial charge in [0, 0.05) is 44.5 Å². The van der Waals surface area contributed by atoms with Gasteiger partial charge in [-0.15, -0.1) is 0 Å². The Morgan fingerprint density at radius 1 is 1.23 bits per heavy atom. The van der Waals surface area contributed by atoms with Crippen LogP contribution in [0.2, 0.25) is 0 Å². The maximum atomic E-state index is 13.0. The Balaban J connectivity index is 2.30. The van der Waals surface area contributed by atoms with Crippen LogP contribution < -0.4 is 10.6 Å². The van der Waals surface area contributed by atoms with E-state index in [9.17, 15) is 14.4 Å². The number of hydrogen-bond donors (Lipinski definition) is 3. The third-order valence-electron chi connectivity index (χ3n) is 4.73. The number of fused-ring (bicyclic) bond motifs is 1. The van der Waals surface area contributed by atoms with Gasteiger partial charge in [-0.3, -0.25) is 14.4 Å². The number of carbonyl (C=O) groups excluding carboxylic acids is 3. The van der Waals surface area contributed by atoms with Crippen molar-refractivity contribution in [3.8, 4) is 0 Å². The summed E-state index contributed by atoms with van der Waals surface area (Å²) in [7, 11) is 3.10. The van der Waals surface area contributed by atoms with Crippen LogP contribution in [0.15, 0.2) is 30.5 Å². The van der Waals surface area contributed by atoms with Crippen LogP contribution >= 0.6 is 0 Å². The number of nitrogens with one attached hydrogen (secondary N) is 3. The molecule has 2 aromatic rings. The van der Waals surface area contributed by atoms with Crippen molar-refractivity contribution in [2.75, 3.05) is 14.1 Å². The lowest BCUT2D eigenvalue weighted by Gasteiger charge is -2.36. The molecule has 0 aliphatic heterocycles. The molecule has 0 spiro atoms. The molecule has 2 rings (SSSR count). The minimum Gasteiger partial charge on any atom is -0.361 e. The number of likely N-dealkylation sites (N-methyl/N-ethyl adjacent to an activating group) is 2. The zero-order valence-electron chi connectivity index (χ0n) is 15.8. The van der Waals surface area contributed by atoms with E-state index in [0.717, 1.165) is 16.5 Å². The minimum atomic E-state index is -1.04. The second kappa shape index (κ2) is 7.59. The lowest BCUT2D eigenvalue weighted by molar-refractivity contribution is -0.146. The number of nitrogens with zero attached hydrogens (tertiary/aromatic N) is 1. The highest BCUT2D eigenvalue weighted by molar-refractivity contribution is 5.94. The smallest absolute Gasteiger partial charge is 0.246 e. The fourth-order valence-electron chi connectivity index (χ4n) is 2.93. The van der Waals surface area contributed by atoms with Crippen molar-refractivity contribution in [2.24, 2.45) is 0 Å². The highest BCUT2D eigenvalue weighted by Gasteiger charge is 2.37. The normalized spacial score (nSPS) is 12.5. The predicted molar refractivity (Wildman–Crippen MR) is 101 cm³/mol. The lowest BCUT2D eigenvalue weighted by atomic mass is 9.98. The van der Waals surface area contributed by atoms with Crippen LogP contribution in [0.1, 0.15) is 26.3 Å². The Bertz CT molecular complexity index is 825. The number of benzene rings is 1. The molecule has 7 heteroatoms. The molecule has 3 N–H and O–H groups in total. The summed E-state index contributed by atoms with van der Waals surface area (Å²) in [6.07, 6.45) is 2.17. The predicted octanol–water partition coefficient (Wildman–Crippen LogP) is 1.20. The summed E-state index contributed by atoms with van der Waals surface area (Å²) in [4.78, 5) is 41.3. The van der Waals surface area contributed by atoms with Crippen LogP contribution in [0.3, 0.4) is 0 Å². The third kappa shape index (κ3) is 3.87. The van der Waals surface area contributed by atoms with E-state index < -0.39 is 11.6 Å². The first-order valence-electron chi connectivity index (χ1n) is 8.50. The van der Waals surface area contributed by atoms with Gasteiger partial charge in [-0.2, -0.15) is 0 Å². The summed E-state index contributed by atoms with van der Waals surface area (Å²) < 4.78 is 0. The maximum absolute atomic E-state index is 13.0. The second-order valence-electron chi connectivity index (χ2n) is 6.85. The van der Waals surface area contributed by atoms with Gasteiger partial charge in [0.2, 0.25) is 17.7 Å². The first kappa shape index (κ1) is 19.5. The number of carbonyl (C=O) groups is 3. The molecule has 7 nitrogen and oxygen atoms in total. The number of rotatable bonds is 6. The Labute approximate surface area is 153 Å². The number of aromatic nitrogens is 1. The van der Waals surface area contributed by atoms with E-state index in [2.05, 4.69) is 15.6 Å². The number of para-hydroxylation sites is 1. The largest absolute Gasteiger partial charge is 0.361 e. The van der Waals surface area contributed by atoms with Gasteiger partial charge in [-0.1, -0.05) is 18.2 Å². The molecule has 1 heterocycles. The molecular weight excluding hydrogens is 332 g/mol. The summed E-state index contributed by atoms with van der Waals surface area (Å²) in [5.74, 6) is -0.893. The molecule has 0 radical (unpaired) electrons. The number of H-pyrrole nitrogens is 1. The van der Waals surface area contributed by atoms with E-state index in [0.29, 0.717) is 6.42 Å². The topological polar surface area (TPSA) is 94.3 Å². The monoisotopic (exact) mass is 358 g/mol.